The van der Waals surface area contributed by atoms with Crippen molar-refractivity contribution in [3.63, 3.8) is 0 Å². The summed E-state index contributed by atoms with van der Waals surface area (Å²) >= 11 is 0. The highest BCUT2D eigenvalue weighted by Gasteiger charge is 2.38. The van der Waals surface area contributed by atoms with Crippen LogP contribution in [0, 0.1) is 6.92 Å². The predicted molar refractivity (Wildman–Crippen MR) is 103 cm³/mol. The quantitative estimate of drug-likeness (QED) is 0.269. The van der Waals surface area contributed by atoms with Gasteiger partial charge >= 0.3 is 5.69 Å². The molecular formula is C16H20N2O14P2-2. The van der Waals surface area contributed by atoms with E-state index in [1.165, 1.54) is 20.0 Å². The molecule has 2 fully saturated rings. The summed E-state index contributed by atoms with van der Waals surface area (Å²) in [5, 5.41) is 10.1. The Morgan fingerprint density at radius 1 is 1.21 bits per heavy atom. The fraction of sp³-hybridized carbons (Fsp3) is 0.625. The Hall–Kier alpha value is -1.84. The monoisotopic (exact) mass is 526 g/mol. The van der Waals surface area contributed by atoms with Crippen molar-refractivity contribution in [3.05, 3.63) is 32.6 Å². The summed E-state index contributed by atoms with van der Waals surface area (Å²) in [5.74, 6) is -1.86. The number of aryl methyl sites for hydroxylation is 1. The van der Waals surface area contributed by atoms with Gasteiger partial charge < -0.3 is 28.9 Å². The van der Waals surface area contributed by atoms with Crippen LogP contribution in [0.2, 0.25) is 0 Å². The molecule has 190 valence electrons. The maximum Gasteiger partial charge on any atom is 0.330 e. The van der Waals surface area contributed by atoms with E-state index in [9.17, 15) is 43.2 Å². The van der Waals surface area contributed by atoms with E-state index in [-0.39, 0.29) is 12.0 Å². The summed E-state index contributed by atoms with van der Waals surface area (Å²) in [6.45, 7) is 1.72. The molecule has 1 aromatic heterocycles. The number of H-pyrrole nitrogens is 1. The maximum absolute atomic E-state index is 12.0. The maximum atomic E-state index is 12.0. The van der Waals surface area contributed by atoms with Gasteiger partial charge in [-0.15, -0.1) is 0 Å². The van der Waals surface area contributed by atoms with E-state index in [1.54, 1.807) is 0 Å². The highest BCUT2D eigenvalue weighted by Crippen LogP contribution is 2.56. The number of aliphatic hydroxyl groups is 1. The Labute approximate surface area is 190 Å². The lowest BCUT2D eigenvalue weighted by molar-refractivity contribution is -0.259. The largest absolute Gasteiger partial charge is 0.756 e. The van der Waals surface area contributed by atoms with Gasteiger partial charge in [-0.05, 0) is 13.8 Å². The molecule has 0 spiro atoms. The number of phosphoric acid groups is 2. The van der Waals surface area contributed by atoms with Crippen LogP contribution in [0.15, 0.2) is 15.8 Å². The van der Waals surface area contributed by atoms with Crippen molar-refractivity contribution < 1.29 is 56.4 Å². The molecule has 0 amide bonds. The molecule has 2 aliphatic rings. The first-order chi connectivity index (χ1) is 15.7. The lowest BCUT2D eigenvalue weighted by atomic mass is 10.1. The van der Waals surface area contributed by atoms with Gasteiger partial charge in [-0.1, -0.05) is 0 Å². The number of aromatic amines is 1. The minimum Gasteiger partial charge on any atom is -0.756 e. The number of Topliss-reactive ketones (excluding diaryl/α,β-unsaturated/α-hetero) is 2. The lowest BCUT2D eigenvalue weighted by Crippen LogP contribution is -2.41. The molecule has 2 N–H and O–H groups in total. The van der Waals surface area contributed by atoms with Gasteiger partial charge in [-0.25, -0.2) is 9.11 Å². The summed E-state index contributed by atoms with van der Waals surface area (Å²) in [6, 6.07) is 0. The van der Waals surface area contributed by atoms with Crippen molar-refractivity contribution in [2.24, 2.45) is 0 Å². The van der Waals surface area contributed by atoms with Crippen LogP contribution >= 0.6 is 15.6 Å². The number of aromatic nitrogens is 2. The average molecular weight is 526 g/mol. The molecule has 0 aromatic carbocycles. The number of nitrogens with zero attached hydrogens (tertiary/aromatic N) is 1. The van der Waals surface area contributed by atoms with Crippen molar-refractivity contribution >= 4 is 27.2 Å². The normalized spacial score (nSPS) is 31.3. The highest BCUT2D eigenvalue weighted by atomic mass is 31.3. The molecule has 16 nitrogen and oxygen atoms in total. The predicted octanol–water partition coefficient (Wildman–Crippen LogP) is -2.25. The number of hydrogen-bond acceptors (Lipinski definition) is 14. The zero-order valence-electron chi connectivity index (χ0n) is 17.7. The van der Waals surface area contributed by atoms with Crippen LogP contribution in [0.4, 0.5) is 0 Å². The van der Waals surface area contributed by atoms with E-state index >= 15 is 0 Å². The summed E-state index contributed by atoms with van der Waals surface area (Å²) in [4.78, 5) is 72.2. The van der Waals surface area contributed by atoms with Crippen molar-refractivity contribution in [1.82, 2.24) is 9.55 Å². The molecule has 0 aliphatic carbocycles. The van der Waals surface area contributed by atoms with Gasteiger partial charge in [0.1, 0.15) is 18.4 Å². The summed E-state index contributed by atoms with van der Waals surface area (Å²) in [5.41, 5.74) is -1.25. The van der Waals surface area contributed by atoms with Crippen LogP contribution in [0.5, 0.6) is 0 Å². The summed E-state index contributed by atoms with van der Waals surface area (Å²) < 4.78 is 47.9. The minimum atomic E-state index is -5.63. The topological polar surface area (TPSA) is 236 Å². The number of ketones is 2. The van der Waals surface area contributed by atoms with Crippen molar-refractivity contribution in [2.75, 3.05) is 6.61 Å². The number of aliphatic hydroxyl groups excluding tert-OH is 1. The van der Waals surface area contributed by atoms with Gasteiger partial charge in [0.2, 0.25) is 11.6 Å². The standard InChI is InChI=1S/C16H22N2O14P2/c1-7-5-18(16(23)17-15(7)22)12-3-9(19)11(30-12)6-28-33(24,25)32-34(26,27)31-13-4-10(20)14(21)8(2)29-13/h5,8-9,11-13,19H,3-4,6H2,1-2H3,(H,24,25)(H,26,27)(H,17,22,23)/p-2/t8-,9+,11-,12-,13-/m1/s1. The van der Waals surface area contributed by atoms with E-state index in [0.717, 1.165) is 4.57 Å². The molecule has 18 heteroatoms. The average Bonchev–Trinajstić information content (AvgIpc) is 3.06. The first-order valence-electron chi connectivity index (χ1n) is 9.72. The molecule has 1 aromatic rings. The van der Waals surface area contributed by atoms with Crippen molar-refractivity contribution in [3.8, 4) is 0 Å². The second-order valence-electron chi connectivity index (χ2n) is 7.49. The van der Waals surface area contributed by atoms with Gasteiger partial charge in [0.25, 0.3) is 21.2 Å². The molecule has 2 unspecified atom stereocenters. The highest BCUT2D eigenvalue weighted by molar-refractivity contribution is 7.59. The van der Waals surface area contributed by atoms with Gasteiger partial charge in [-0.2, -0.15) is 0 Å². The third kappa shape index (κ3) is 6.43. The number of hydrogen-bond donors (Lipinski definition) is 2. The SMILES string of the molecule is Cc1cn([C@H]2C[C@H](O)[C@@H](COP(=O)([O-])OP(=O)([O-])O[C@@H]3CC(=O)C(=O)[C@@H](C)O3)O2)c(=O)[nH]c1=O. The first-order valence-corrected chi connectivity index (χ1v) is 12.6. The van der Waals surface area contributed by atoms with Crippen LogP contribution in [0.25, 0.3) is 0 Å². The minimum absolute atomic E-state index is 0.170. The second-order valence-corrected chi connectivity index (χ2v) is 10.4. The smallest absolute Gasteiger partial charge is 0.330 e. The fourth-order valence-electron chi connectivity index (χ4n) is 3.19. The Kier molecular flexibility index (Phi) is 7.89. The molecular weight excluding hydrogens is 506 g/mol. The lowest BCUT2D eigenvalue weighted by Gasteiger charge is -2.34. The number of carbonyl (C=O) groups excluding carboxylic acids is 2. The molecule has 0 bridgehead atoms. The van der Waals surface area contributed by atoms with Crippen LogP contribution in [0.1, 0.15) is 31.6 Å². The molecule has 0 saturated carbocycles. The molecule has 0 radical (unpaired) electrons. The van der Waals surface area contributed by atoms with Gasteiger partial charge in [0.05, 0.1) is 19.1 Å². The van der Waals surface area contributed by atoms with E-state index in [0.29, 0.717) is 0 Å². The van der Waals surface area contributed by atoms with Gasteiger partial charge in [0.15, 0.2) is 6.29 Å². The molecule has 3 rings (SSSR count). The molecule has 7 atom stereocenters. The van der Waals surface area contributed by atoms with E-state index < -0.39 is 82.3 Å². The van der Waals surface area contributed by atoms with Gasteiger partial charge in [0, 0.05) is 18.2 Å². The van der Waals surface area contributed by atoms with E-state index in [1.807, 2.05) is 0 Å². The molecule has 2 saturated heterocycles. The van der Waals surface area contributed by atoms with Crippen molar-refractivity contribution in [1.29, 1.82) is 0 Å². The first kappa shape index (κ1) is 26.8. The van der Waals surface area contributed by atoms with E-state index in [2.05, 4.69) is 18.3 Å². The number of rotatable bonds is 8. The van der Waals surface area contributed by atoms with Crippen LogP contribution in [0.3, 0.4) is 0 Å². The second kappa shape index (κ2) is 10.0. The summed E-state index contributed by atoms with van der Waals surface area (Å²) in [6.07, 6.45) is -6.52. The Bertz CT molecular complexity index is 1180. The molecule has 34 heavy (non-hydrogen) atoms. The Morgan fingerprint density at radius 3 is 2.53 bits per heavy atom. The van der Waals surface area contributed by atoms with Crippen LogP contribution in [-0.2, 0) is 41.6 Å². The molecule has 2 aliphatic heterocycles. The zero-order valence-corrected chi connectivity index (χ0v) is 19.5. The number of phosphoric ester groups is 2. The zero-order chi connectivity index (χ0) is 25.4. The van der Waals surface area contributed by atoms with Crippen LogP contribution in [-0.4, -0.2) is 57.4 Å². The van der Waals surface area contributed by atoms with E-state index in [4.69, 9.17) is 9.47 Å². The number of carbonyl (C=O) groups is 2. The number of nitrogens with one attached hydrogen (secondary N) is 1. The van der Waals surface area contributed by atoms with Crippen LogP contribution < -0.4 is 21.0 Å². The molecule has 3 heterocycles. The Morgan fingerprint density at radius 2 is 1.88 bits per heavy atom. The van der Waals surface area contributed by atoms with Crippen molar-refractivity contribution in [2.45, 2.75) is 57.5 Å². The third-order valence-corrected chi connectivity index (χ3v) is 7.41. The third-order valence-electron chi connectivity index (χ3n) is 4.86. The number of ether oxygens (including phenoxy) is 2. The Balaban J connectivity index is 1.57. The fourth-order valence-corrected chi connectivity index (χ4v) is 5.25. The van der Waals surface area contributed by atoms with Gasteiger partial charge in [-0.3, -0.25) is 37.6 Å². The summed E-state index contributed by atoms with van der Waals surface area (Å²) in [7, 11) is -11.2.